The van der Waals surface area contributed by atoms with Crippen LogP contribution in [0.3, 0.4) is 0 Å². The molecule has 24 heavy (non-hydrogen) atoms. The molecular formula is C17H24F3N3O. The van der Waals surface area contributed by atoms with Crippen molar-refractivity contribution in [1.29, 1.82) is 0 Å². The third kappa shape index (κ3) is 5.40. The van der Waals surface area contributed by atoms with Gasteiger partial charge in [-0.25, -0.2) is 4.79 Å². The molecule has 7 heteroatoms. The Balaban J connectivity index is 1.86. The van der Waals surface area contributed by atoms with Crippen LogP contribution in [0.15, 0.2) is 24.3 Å². The van der Waals surface area contributed by atoms with Crippen LogP contribution in [0.1, 0.15) is 25.8 Å². The van der Waals surface area contributed by atoms with Gasteiger partial charge in [0.25, 0.3) is 0 Å². The fraction of sp³-hybridized carbons (Fsp3) is 0.588. The van der Waals surface area contributed by atoms with Crippen LogP contribution in [0.2, 0.25) is 0 Å². The van der Waals surface area contributed by atoms with Gasteiger partial charge in [-0.15, -0.1) is 0 Å². The van der Waals surface area contributed by atoms with Gasteiger partial charge in [0, 0.05) is 31.9 Å². The Kier molecular flexibility index (Phi) is 6.10. The topological polar surface area (TPSA) is 35.6 Å². The van der Waals surface area contributed by atoms with Crippen molar-refractivity contribution in [2.45, 2.75) is 26.4 Å². The highest BCUT2D eigenvalue weighted by atomic mass is 19.4. The van der Waals surface area contributed by atoms with Crippen LogP contribution in [0, 0.1) is 5.92 Å². The minimum Gasteiger partial charge on any atom is -0.322 e. The average Bonchev–Trinajstić information content (AvgIpc) is 2.53. The zero-order valence-electron chi connectivity index (χ0n) is 14.1. The zero-order valence-corrected chi connectivity index (χ0v) is 14.1. The number of amides is 2. The molecule has 1 aliphatic rings. The number of halogens is 3. The Morgan fingerprint density at radius 1 is 1.21 bits per heavy atom. The van der Waals surface area contributed by atoms with Gasteiger partial charge in [0.1, 0.15) is 0 Å². The van der Waals surface area contributed by atoms with E-state index in [0.29, 0.717) is 19.0 Å². The summed E-state index contributed by atoms with van der Waals surface area (Å²) in [4.78, 5) is 16.2. The molecule has 1 N–H and O–H groups in total. The van der Waals surface area contributed by atoms with E-state index >= 15 is 0 Å². The number of hydrogen-bond donors (Lipinski definition) is 1. The number of benzene rings is 1. The van der Waals surface area contributed by atoms with E-state index < -0.39 is 11.7 Å². The standard InChI is InChI=1S/C17H24F3N3O/c1-13(2)6-7-22-8-10-23(11-9-22)16(24)21-15-5-3-4-14(12-15)17(18,19)20/h3-5,12-13H,6-11H2,1-2H3,(H,21,24). The summed E-state index contributed by atoms with van der Waals surface area (Å²) in [7, 11) is 0. The summed E-state index contributed by atoms with van der Waals surface area (Å²) >= 11 is 0. The maximum Gasteiger partial charge on any atom is 0.416 e. The van der Waals surface area contributed by atoms with Crippen molar-refractivity contribution in [3.05, 3.63) is 29.8 Å². The maximum absolute atomic E-state index is 12.7. The molecule has 0 aromatic heterocycles. The Labute approximate surface area is 140 Å². The molecule has 0 radical (unpaired) electrons. The van der Waals surface area contributed by atoms with Crippen molar-refractivity contribution in [3.8, 4) is 0 Å². The molecule has 2 amide bonds. The first-order chi connectivity index (χ1) is 11.3. The number of piperazine rings is 1. The smallest absolute Gasteiger partial charge is 0.322 e. The number of carbonyl (C=O) groups excluding carboxylic acids is 1. The van der Waals surface area contributed by atoms with E-state index in [0.717, 1.165) is 38.2 Å². The summed E-state index contributed by atoms with van der Waals surface area (Å²) in [5.74, 6) is 0.646. The SMILES string of the molecule is CC(C)CCN1CCN(C(=O)Nc2cccc(C(F)(F)F)c2)CC1. The summed E-state index contributed by atoms with van der Waals surface area (Å²) in [6.45, 7) is 8.13. The van der Waals surface area contributed by atoms with Crippen LogP contribution in [-0.2, 0) is 6.18 Å². The highest BCUT2D eigenvalue weighted by Crippen LogP contribution is 2.30. The molecule has 0 spiro atoms. The highest BCUT2D eigenvalue weighted by Gasteiger charge is 2.30. The Morgan fingerprint density at radius 2 is 1.88 bits per heavy atom. The lowest BCUT2D eigenvalue weighted by molar-refractivity contribution is -0.137. The van der Waals surface area contributed by atoms with Gasteiger partial charge in [0.15, 0.2) is 0 Å². The second-order valence-electron chi connectivity index (χ2n) is 6.52. The first kappa shape index (κ1) is 18.6. The van der Waals surface area contributed by atoms with E-state index in [-0.39, 0.29) is 11.7 Å². The molecule has 1 aromatic carbocycles. The van der Waals surface area contributed by atoms with Crippen molar-refractivity contribution >= 4 is 11.7 Å². The predicted octanol–water partition coefficient (Wildman–Crippen LogP) is 3.90. The Bertz CT molecular complexity index is 552. The second-order valence-corrected chi connectivity index (χ2v) is 6.52. The number of anilines is 1. The number of carbonyl (C=O) groups is 1. The zero-order chi connectivity index (χ0) is 17.7. The van der Waals surface area contributed by atoms with Gasteiger partial charge < -0.3 is 10.2 Å². The highest BCUT2D eigenvalue weighted by molar-refractivity contribution is 5.89. The number of nitrogens with one attached hydrogen (secondary N) is 1. The Morgan fingerprint density at radius 3 is 2.46 bits per heavy atom. The first-order valence-electron chi connectivity index (χ1n) is 8.21. The minimum absolute atomic E-state index is 0.164. The lowest BCUT2D eigenvalue weighted by Crippen LogP contribution is -2.50. The number of nitrogens with zero attached hydrogens (tertiary/aromatic N) is 2. The van der Waals surface area contributed by atoms with Crippen LogP contribution in [0.4, 0.5) is 23.7 Å². The lowest BCUT2D eigenvalue weighted by atomic mass is 10.1. The van der Waals surface area contributed by atoms with Gasteiger partial charge in [0.05, 0.1) is 5.56 Å². The summed E-state index contributed by atoms with van der Waals surface area (Å²) in [6, 6.07) is 4.35. The van der Waals surface area contributed by atoms with Crippen LogP contribution in [0.5, 0.6) is 0 Å². The van der Waals surface area contributed by atoms with Crippen molar-refractivity contribution < 1.29 is 18.0 Å². The molecule has 0 saturated carbocycles. The van der Waals surface area contributed by atoms with Crippen molar-refractivity contribution in [2.75, 3.05) is 38.0 Å². The van der Waals surface area contributed by atoms with E-state index in [1.54, 1.807) is 4.90 Å². The van der Waals surface area contributed by atoms with E-state index in [9.17, 15) is 18.0 Å². The number of alkyl halides is 3. The largest absolute Gasteiger partial charge is 0.416 e. The molecule has 2 rings (SSSR count). The van der Waals surface area contributed by atoms with Gasteiger partial charge in [-0.3, -0.25) is 4.90 Å². The lowest BCUT2D eigenvalue weighted by Gasteiger charge is -2.35. The van der Waals surface area contributed by atoms with Gasteiger partial charge in [-0.05, 0) is 37.1 Å². The molecule has 1 aliphatic heterocycles. The van der Waals surface area contributed by atoms with Gasteiger partial charge >= 0.3 is 12.2 Å². The predicted molar refractivity (Wildman–Crippen MR) is 87.9 cm³/mol. The average molecular weight is 343 g/mol. The molecule has 1 aromatic rings. The summed E-state index contributed by atoms with van der Waals surface area (Å²) in [5, 5.41) is 2.56. The molecule has 0 aliphatic carbocycles. The van der Waals surface area contributed by atoms with Crippen molar-refractivity contribution in [1.82, 2.24) is 9.80 Å². The van der Waals surface area contributed by atoms with Crippen molar-refractivity contribution in [3.63, 3.8) is 0 Å². The minimum atomic E-state index is -4.41. The van der Waals surface area contributed by atoms with E-state index in [1.807, 2.05) is 0 Å². The molecule has 0 atom stereocenters. The summed E-state index contributed by atoms with van der Waals surface area (Å²) in [6.07, 6.45) is -3.29. The van der Waals surface area contributed by atoms with E-state index in [4.69, 9.17) is 0 Å². The normalized spacial score (nSPS) is 16.5. The van der Waals surface area contributed by atoms with Crippen LogP contribution in [-0.4, -0.2) is 48.6 Å². The fourth-order valence-corrected chi connectivity index (χ4v) is 2.59. The summed E-state index contributed by atoms with van der Waals surface area (Å²) < 4.78 is 38.1. The van der Waals surface area contributed by atoms with Crippen molar-refractivity contribution in [2.24, 2.45) is 5.92 Å². The van der Waals surface area contributed by atoms with E-state index in [1.165, 1.54) is 12.1 Å². The van der Waals surface area contributed by atoms with E-state index in [2.05, 4.69) is 24.1 Å². The molecule has 1 fully saturated rings. The van der Waals surface area contributed by atoms with Gasteiger partial charge in [-0.2, -0.15) is 13.2 Å². The third-order valence-corrected chi connectivity index (χ3v) is 4.12. The summed E-state index contributed by atoms with van der Waals surface area (Å²) in [5.41, 5.74) is -0.601. The molecule has 1 heterocycles. The molecule has 4 nitrogen and oxygen atoms in total. The monoisotopic (exact) mass is 343 g/mol. The first-order valence-corrected chi connectivity index (χ1v) is 8.21. The number of urea groups is 1. The van der Waals surface area contributed by atoms with Crippen LogP contribution < -0.4 is 5.32 Å². The second kappa shape index (κ2) is 7.88. The quantitative estimate of drug-likeness (QED) is 0.900. The molecule has 1 saturated heterocycles. The van der Waals surface area contributed by atoms with Crippen LogP contribution in [0.25, 0.3) is 0 Å². The Hall–Kier alpha value is -1.76. The van der Waals surface area contributed by atoms with Gasteiger partial charge in [0.2, 0.25) is 0 Å². The fourth-order valence-electron chi connectivity index (χ4n) is 2.59. The number of hydrogen-bond acceptors (Lipinski definition) is 2. The maximum atomic E-state index is 12.7. The third-order valence-electron chi connectivity index (χ3n) is 4.12. The van der Waals surface area contributed by atoms with Crippen LogP contribution >= 0.6 is 0 Å². The molecule has 0 unspecified atom stereocenters. The van der Waals surface area contributed by atoms with Gasteiger partial charge in [-0.1, -0.05) is 19.9 Å². The molecule has 0 bridgehead atoms. The molecular weight excluding hydrogens is 319 g/mol. The molecule has 134 valence electrons. The number of rotatable bonds is 4.